The third kappa shape index (κ3) is 4.46. The van der Waals surface area contributed by atoms with Crippen LogP contribution in [0.25, 0.3) is 0 Å². The van der Waals surface area contributed by atoms with Gasteiger partial charge in [-0.15, -0.1) is 0 Å². The molecule has 0 N–H and O–H groups in total. The zero-order chi connectivity index (χ0) is 14.3. The fourth-order valence-electron chi connectivity index (χ4n) is 1.75. The van der Waals surface area contributed by atoms with Crippen molar-refractivity contribution < 1.29 is 9.53 Å². The number of carbonyl (C=O) groups excluding carboxylic acids is 1. The van der Waals surface area contributed by atoms with Crippen LogP contribution in [0.5, 0.6) is 0 Å². The molecule has 0 atom stereocenters. The van der Waals surface area contributed by atoms with E-state index in [1.807, 2.05) is 17.9 Å². The number of esters is 1. The van der Waals surface area contributed by atoms with Gasteiger partial charge in [0, 0.05) is 6.54 Å². The van der Waals surface area contributed by atoms with E-state index >= 15 is 0 Å². The van der Waals surface area contributed by atoms with E-state index in [2.05, 4.69) is 0 Å². The van der Waals surface area contributed by atoms with Crippen LogP contribution < -0.4 is 4.90 Å². The Morgan fingerprint density at radius 2 is 2.21 bits per heavy atom. The van der Waals surface area contributed by atoms with Crippen molar-refractivity contribution in [2.75, 3.05) is 24.6 Å². The molecule has 0 fully saturated rings. The number of benzene rings is 1. The number of nitrogens with zero attached hydrogens (tertiary/aromatic N) is 2. The summed E-state index contributed by atoms with van der Waals surface area (Å²) in [7, 11) is 0. The molecular weight excluding hydrogens is 264 g/mol. The Labute approximate surface area is 118 Å². The smallest absolute Gasteiger partial charge is 0.325 e. The maximum absolute atomic E-state index is 11.6. The van der Waals surface area contributed by atoms with Gasteiger partial charge in [0.25, 0.3) is 0 Å². The molecule has 0 radical (unpaired) electrons. The monoisotopic (exact) mass is 280 g/mol. The standard InChI is InChI=1S/C14H17ClN2O2/c1-3-7-17(10-14(18)19-4-2)13-6-5-11(9-16)8-12(13)15/h5-6,8H,3-4,7,10H2,1-2H3. The van der Waals surface area contributed by atoms with E-state index in [0.717, 1.165) is 12.1 Å². The average molecular weight is 281 g/mol. The molecule has 0 heterocycles. The lowest BCUT2D eigenvalue weighted by molar-refractivity contribution is -0.141. The van der Waals surface area contributed by atoms with E-state index in [1.165, 1.54) is 0 Å². The van der Waals surface area contributed by atoms with Gasteiger partial charge in [0.15, 0.2) is 0 Å². The molecule has 4 nitrogen and oxygen atoms in total. The first kappa shape index (κ1) is 15.3. The van der Waals surface area contributed by atoms with E-state index in [-0.39, 0.29) is 12.5 Å². The number of hydrogen-bond acceptors (Lipinski definition) is 4. The SMILES string of the molecule is CCCN(CC(=O)OCC)c1ccc(C#N)cc1Cl. The zero-order valence-electron chi connectivity index (χ0n) is 11.1. The van der Waals surface area contributed by atoms with Gasteiger partial charge in [-0.05, 0) is 31.5 Å². The molecule has 0 aliphatic rings. The lowest BCUT2D eigenvalue weighted by atomic mass is 10.2. The number of carbonyl (C=O) groups is 1. The van der Waals surface area contributed by atoms with Crippen molar-refractivity contribution in [1.82, 2.24) is 0 Å². The van der Waals surface area contributed by atoms with Crippen molar-refractivity contribution in [2.45, 2.75) is 20.3 Å². The fraction of sp³-hybridized carbons (Fsp3) is 0.429. The summed E-state index contributed by atoms with van der Waals surface area (Å²) < 4.78 is 4.95. The van der Waals surface area contributed by atoms with E-state index in [0.29, 0.717) is 23.7 Å². The van der Waals surface area contributed by atoms with Crippen LogP contribution in [0, 0.1) is 11.3 Å². The summed E-state index contributed by atoms with van der Waals surface area (Å²) >= 11 is 6.15. The molecule has 0 saturated carbocycles. The number of nitriles is 1. The molecule has 0 unspecified atom stereocenters. The van der Waals surface area contributed by atoms with Crippen molar-refractivity contribution in [1.29, 1.82) is 5.26 Å². The summed E-state index contributed by atoms with van der Waals surface area (Å²) in [4.78, 5) is 13.4. The first-order valence-electron chi connectivity index (χ1n) is 6.22. The zero-order valence-corrected chi connectivity index (χ0v) is 11.9. The Hall–Kier alpha value is -1.73. The Morgan fingerprint density at radius 1 is 1.47 bits per heavy atom. The number of ether oxygens (including phenoxy) is 1. The van der Waals surface area contributed by atoms with Crippen molar-refractivity contribution >= 4 is 23.3 Å². The van der Waals surface area contributed by atoms with E-state index in [1.54, 1.807) is 25.1 Å². The molecule has 0 bridgehead atoms. The predicted octanol–water partition coefficient (Wildman–Crippen LogP) is 2.99. The van der Waals surface area contributed by atoms with Gasteiger partial charge in [-0.25, -0.2) is 0 Å². The van der Waals surface area contributed by atoms with E-state index in [9.17, 15) is 4.79 Å². The molecule has 1 aromatic carbocycles. The van der Waals surface area contributed by atoms with Gasteiger partial charge in [0.1, 0.15) is 6.54 Å². The normalized spacial score (nSPS) is 9.79. The third-order valence-corrected chi connectivity index (χ3v) is 2.84. The van der Waals surface area contributed by atoms with Crippen LogP contribution in [0.1, 0.15) is 25.8 Å². The minimum absolute atomic E-state index is 0.160. The van der Waals surface area contributed by atoms with Crippen LogP contribution >= 0.6 is 11.6 Å². The minimum atomic E-state index is -0.281. The van der Waals surface area contributed by atoms with Gasteiger partial charge >= 0.3 is 5.97 Å². The van der Waals surface area contributed by atoms with Crippen molar-refractivity contribution in [3.8, 4) is 6.07 Å². The lowest BCUT2D eigenvalue weighted by Gasteiger charge is -2.24. The maximum Gasteiger partial charge on any atom is 0.325 e. The topological polar surface area (TPSA) is 53.3 Å². The number of rotatable bonds is 6. The van der Waals surface area contributed by atoms with E-state index < -0.39 is 0 Å². The van der Waals surface area contributed by atoms with Crippen LogP contribution in [-0.2, 0) is 9.53 Å². The summed E-state index contributed by atoms with van der Waals surface area (Å²) in [5.41, 5.74) is 1.25. The van der Waals surface area contributed by atoms with Crippen LogP contribution in [0.2, 0.25) is 5.02 Å². The summed E-state index contributed by atoms with van der Waals surface area (Å²) in [6.07, 6.45) is 0.885. The van der Waals surface area contributed by atoms with Gasteiger partial charge in [0.05, 0.1) is 28.9 Å². The summed E-state index contributed by atoms with van der Waals surface area (Å²) in [6.45, 7) is 5.02. The van der Waals surface area contributed by atoms with Gasteiger partial charge in [-0.2, -0.15) is 5.26 Å². The van der Waals surface area contributed by atoms with Gasteiger partial charge < -0.3 is 9.64 Å². The van der Waals surface area contributed by atoms with Crippen molar-refractivity contribution in [3.05, 3.63) is 28.8 Å². The highest BCUT2D eigenvalue weighted by molar-refractivity contribution is 6.33. The molecule has 5 heteroatoms. The molecule has 0 aromatic heterocycles. The number of hydrogen-bond donors (Lipinski definition) is 0. The molecule has 102 valence electrons. The second kappa shape index (κ2) is 7.65. The second-order valence-corrected chi connectivity index (χ2v) is 4.41. The predicted molar refractivity (Wildman–Crippen MR) is 75.3 cm³/mol. The first-order chi connectivity index (χ1) is 9.12. The molecule has 1 aromatic rings. The second-order valence-electron chi connectivity index (χ2n) is 4.00. The lowest BCUT2D eigenvalue weighted by Crippen LogP contribution is -2.31. The number of halogens is 1. The summed E-state index contributed by atoms with van der Waals surface area (Å²) in [6, 6.07) is 7.08. The highest BCUT2D eigenvalue weighted by atomic mass is 35.5. The molecule has 0 aliphatic heterocycles. The Balaban J connectivity index is 2.92. The fourth-order valence-corrected chi connectivity index (χ4v) is 2.05. The molecule has 0 saturated heterocycles. The number of anilines is 1. The highest BCUT2D eigenvalue weighted by Crippen LogP contribution is 2.27. The Kier molecular flexibility index (Phi) is 6.17. The first-order valence-corrected chi connectivity index (χ1v) is 6.60. The summed E-state index contributed by atoms with van der Waals surface area (Å²) in [5.74, 6) is -0.281. The van der Waals surface area contributed by atoms with E-state index in [4.69, 9.17) is 21.6 Å². The molecule has 0 amide bonds. The van der Waals surface area contributed by atoms with Crippen LogP contribution in [0.15, 0.2) is 18.2 Å². The molecular formula is C14H17ClN2O2. The van der Waals surface area contributed by atoms with Crippen molar-refractivity contribution in [3.63, 3.8) is 0 Å². The summed E-state index contributed by atoms with van der Waals surface area (Å²) in [5, 5.41) is 9.28. The van der Waals surface area contributed by atoms with Gasteiger partial charge in [-0.1, -0.05) is 18.5 Å². The van der Waals surface area contributed by atoms with Crippen molar-refractivity contribution in [2.24, 2.45) is 0 Å². The third-order valence-electron chi connectivity index (χ3n) is 2.54. The quantitative estimate of drug-likeness (QED) is 0.752. The molecule has 19 heavy (non-hydrogen) atoms. The Morgan fingerprint density at radius 3 is 2.74 bits per heavy atom. The van der Waals surface area contributed by atoms with Crippen LogP contribution in [-0.4, -0.2) is 25.7 Å². The molecule has 0 spiro atoms. The minimum Gasteiger partial charge on any atom is -0.465 e. The highest BCUT2D eigenvalue weighted by Gasteiger charge is 2.14. The van der Waals surface area contributed by atoms with Crippen LogP contribution in [0.3, 0.4) is 0 Å². The molecule has 1 rings (SSSR count). The van der Waals surface area contributed by atoms with Gasteiger partial charge in [-0.3, -0.25) is 4.79 Å². The molecule has 0 aliphatic carbocycles. The van der Waals surface area contributed by atoms with Crippen LogP contribution in [0.4, 0.5) is 5.69 Å². The Bertz CT molecular complexity index is 483. The average Bonchev–Trinajstić information content (AvgIpc) is 2.38. The largest absolute Gasteiger partial charge is 0.465 e. The van der Waals surface area contributed by atoms with Gasteiger partial charge in [0.2, 0.25) is 0 Å². The maximum atomic E-state index is 11.6.